The first kappa shape index (κ1) is 73.3. The standard InChI is InChI=1S/C71H122O6/c1-4-7-10-13-16-19-22-25-27-29-31-33-34-35-36-38-39-41-43-46-49-52-55-58-61-64-70(73)76-67-68(66-75-69(72)63-60-57-54-51-48-45-24-21-18-15-12-9-6-3)77-71(74)65-62-59-56-53-50-47-44-42-40-37-32-30-28-26-23-20-17-14-11-8-5-2/h7,10,16,19,23,25-27,30-33,35-36,39,41,68H,4-6,8-9,11-15,17-18,20-22,24,28-29,34,37-38,40,42-67H2,1-3H3/b10-7-,19-16-,26-23-,27-25-,32-30-,33-31-,36-35-,41-39-. The van der Waals surface area contributed by atoms with E-state index in [0.29, 0.717) is 19.3 Å². The number of unbranched alkanes of at least 4 members (excludes halogenated alkanes) is 32. The van der Waals surface area contributed by atoms with Crippen molar-refractivity contribution in [2.45, 2.75) is 322 Å². The van der Waals surface area contributed by atoms with Crippen LogP contribution in [0.3, 0.4) is 0 Å². The van der Waals surface area contributed by atoms with E-state index in [1.54, 1.807) is 0 Å². The molecule has 0 saturated carbocycles. The van der Waals surface area contributed by atoms with Gasteiger partial charge in [-0.1, -0.05) is 291 Å². The first-order chi connectivity index (χ1) is 38.0. The van der Waals surface area contributed by atoms with Crippen LogP contribution >= 0.6 is 0 Å². The van der Waals surface area contributed by atoms with Gasteiger partial charge in [0.05, 0.1) is 0 Å². The lowest BCUT2D eigenvalue weighted by Gasteiger charge is -2.18. The Hall–Kier alpha value is -3.67. The molecule has 0 aromatic rings. The van der Waals surface area contributed by atoms with Crippen LogP contribution in [0.15, 0.2) is 97.2 Å². The van der Waals surface area contributed by atoms with Crippen LogP contribution in [0.1, 0.15) is 316 Å². The maximum absolute atomic E-state index is 12.9. The molecule has 0 spiro atoms. The molecule has 1 atom stereocenters. The van der Waals surface area contributed by atoms with Gasteiger partial charge in [-0.3, -0.25) is 14.4 Å². The van der Waals surface area contributed by atoms with Gasteiger partial charge in [-0.05, 0) is 103 Å². The van der Waals surface area contributed by atoms with Crippen molar-refractivity contribution in [1.82, 2.24) is 0 Å². The number of carbonyl (C=O) groups is 3. The van der Waals surface area contributed by atoms with Crippen molar-refractivity contribution in [3.8, 4) is 0 Å². The summed E-state index contributed by atoms with van der Waals surface area (Å²) in [6, 6.07) is 0. The molecule has 77 heavy (non-hydrogen) atoms. The van der Waals surface area contributed by atoms with Crippen molar-refractivity contribution in [3.05, 3.63) is 97.2 Å². The fourth-order valence-corrected chi connectivity index (χ4v) is 9.18. The zero-order chi connectivity index (χ0) is 55.7. The monoisotopic (exact) mass is 1070 g/mol. The smallest absolute Gasteiger partial charge is 0.306 e. The number of esters is 3. The lowest BCUT2D eigenvalue weighted by molar-refractivity contribution is -0.167. The minimum atomic E-state index is -0.787. The van der Waals surface area contributed by atoms with Gasteiger partial charge in [-0.25, -0.2) is 0 Å². The van der Waals surface area contributed by atoms with E-state index in [0.717, 1.165) is 116 Å². The summed E-state index contributed by atoms with van der Waals surface area (Å²) in [6.45, 7) is 6.53. The minimum Gasteiger partial charge on any atom is -0.462 e. The highest BCUT2D eigenvalue weighted by Gasteiger charge is 2.19. The second-order valence-corrected chi connectivity index (χ2v) is 21.6. The lowest BCUT2D eigenvalue weighted by Crippen LogP contribution is -2.30. The molecule has 1 unspecified atom stereocenters. The summed E-state index contributed by atoms with van der Waals surface area (Å²) in [4.78, 5) is 38.3. The Labute approximate surface area is 477 Å². The van der Waals surface area contributed by atoms with E-state index in [9.17, 15) is 14.4 Å². The number of rotatable bonds is 59. The van der Waals surface area contributed by atoms with Crippen molar-refractivity contribution in [2.75, 3.05) is 13.2 Å². The largest absolute Gasteiger partial charge is 0.462 e. The molecule has 0 aliphatic heterocycles. The van der Waals surface area contributed by atoms with Crippen LogP contribution in [0.4, 0.5) is 0 Å². The highest BCUT2D eigenvalue weighted by molar-refractivity contribution is 5.71. The number of hydrogen-bond donors (Lipinski definition) is 0. The van der Waals surface area contributed by atoms with E-state index >= 15 is 0 Å². The van der Waals surface area contributed by atoms with Gasteiger partial charge in [0.1, 0.15) is 13.2 Å². The zero-order valence-corrected chi connectivity index (χ0v) is 50.7. The number of ether oxygens (including phenoxy) is 3. The normalized spacial score (nSPS) is 12.7. The van der Waals surface area contributed by atoms with Gasteiger partial charge in [0.2, 0.25) is 0 Å². The molecule has 0 rings (SSSR count). The number of hydrogen-bond acceptors (Lipinski definition) is 6. The maximum Gasteiger partial charge on any atom is 0.306 e. The molecule has 0 aromatic carbocycles. The predicted octanol–water partition coefficient (Wildman–Crippen LogP) is 22.4. The third kappa shape index (κ3) is 63.0. The molecule has 0 aliphatic rings. The number of allylic oxidation sites excluding steroid dienone is 16. The van der Waals surface area contributed by atoms with Gasteiger partial charge in [0, 0.05) is 19.3 Å². The van der Waals surface area contributed by atoms with Crippen molar-refractivity contribution in [3.63, 3.8) is 0 Å². The van der Waals surface area contributed by atoms with E-state index in [2.05, 4.69) is 118 Å². The van der Waals surface area contributed by atoms with Crippen LogP contribution in [-0.4, -0.2) is 37.2 Å². The third-order valence-electron chi connectivity index (χ3n) is 14.1. The first-order valence-electron chi connectivity index (χ1n) is 32.7. The van der Waals surface area contributed by atoms with Crippen LogP contribution in [0.25, 0.3) is 0 Å². The molecule has 0 aliphatic carbocycles. The van der Waals surface area contributed by atoms with Gasteiger partial charge < -0.3 is 14.2 Å². The summed E-state index contributed by atoms with van der Waals surface area (Å²) in [5, 5.41) is 0. The topological polar surface area (TPSA) is 78.9 Å². The summed E-state index contributed by atoms with van der Waals surface area (Å²) in [7, 11) is 0. The Balaban J connectivity index is 4.37. The van der Waals surface area contributed by atoms with Gasteiger partial charge in [0.15, 0.2) is 6.10 Å². The fourth-order valence-electron chi connectivity index (χ4n) is 9.18. The average molecular weight is 1070 g/mol. The summed E-state index contributed by atoms with van der Waals surface area (Å²) in [5.41, 5.74) is 0. The van der Waals surface area contributed by atoms with Gasteiger partial charge in [0.25, 0.3) is 0 Å². The van der Waals surface area contributed by atoms with E-state index in [1.165, 1.54) is 161 Å². The molecule has 0 radical (unpaired) electrons. The molecule has 0 heterocycles. The second kappa shape index (κ2) is 64.9. The zero-order valence-electron chi connectivity index (χ0n) is 50.7. The van der Waals surface area contributed by atoms with Gasteiger partial charge in [-0.2, -0.15) is 0 Å². The summed E-state index contributed by atoms with van der Waals surface area (Å²) < 4.78 is 16.9. The Morgan fingerprint density at radius 3 is 0.792 bits per heavy atom. The van der Waals surface area contributed by atoms with Crippen LogP contribution in [0.5, 0.6) is 0 Å². The predicted molar refractivity (Wildman–Crippen MR) is 334 cm³/mol. The Morgan fingerprint density at radius 2 is 0.506 bits per heavy atom. The van der Waals surface area contributed by atoms with Crippen molar-refractivity contribution < 1.29 is 28.6 Å². The molecular formula is C71H122O6. The molecule has 0 saturated heterocycles. The quantitative estimate of drug-likeness (QED) is 0.0261. The Bertz CT molecular complexity index is 1510. The molecule has 6 heteroatoms. The molecule has 0 aromatic heterocycles. The van der Waals surface area contributed by atoms with E-state index in [-0.39, 0.29) is 31.1 Å². The molecule has 6 nitrogen and oxygen atoms in total. The van der Waals surface area contributed by atoms with Crippen molar-refractivity contribution >= 4 is 17.9 Å². The van der Waals surface area contributed by atoms with Gasteiger partial charge in [-0.15, -0.1) is 0 Å². The van der Waals surface area contributed by atoms with Gasteiger partial charge >= 0.3 is 17.9 Å². The van der Waals surface area contributed by atoms with Crippen LogP contribution < -0.4 is 0 Å². The summed E-state index contributed by atoms with van der Waals surface area (Å²) >= 11 is 0. The average Bonchev–Trinajstić information content (AvgIpc) is 3.43. The lowest BCUT2D eigenvalue weighted by atomic mass is 10.0. The second-order valence-electron chi connectivity index (χ2n) is 21.6. The molecule has 0 fully saturated rings. The first-order valence-corrected chi connectivity index (χ1v) is 32.7. The highest BCUT2D eigenvalue weighted by Crippen LogP contribution is 2.16. The van der Waals surface area contributed by atoms with Crippen LogP contribution in [0, 0.1) is 0 Å². The molecule has 442 valence electrons. The molecule has 0 amide bonds. The molecule has 0 bridgehead atoms. The van der Waals surface area contributed by atoms with E-state index in [4.69, 9.17) is 14.2 Å². The van der Waals surface area contributed by atoms with Crippen molar-refractivity contribution in [2.24, 2.45) is 0 Å². The van der Waals surface area contributed by atoms with E-state index < -0.39 is 6.10 Å². The van der Waals surface area contributed by atoms with Crippen LogP contribution in [-0.2, 0) is 28.6 Å². The SMILES string of the molecule is CC/C=C\C/C=C\C/C=C\C/C=C\C/C=C\C/C=C\CCCCCCCCC(=O)OCC(COC(=O)CCCCCCCCCCCCCCC)OC(=O)CCCCCCCCCCC/C=C\C/C=C\CCCCCCC. The fraction of sp³-hybridized carbons (Fsp3) is 0.732. The summed E-state index contributed by atoms with van der Waals surface area (Å²) in [6.07, 6.45) is 86.9. The maximum atomic E-state index is 12.9. The highest BCUT2D eigenvalue weighted by atomic mass is 16.6. The Morgan fingerprint density at radius 1 is 0.273 bits per heavy atom. The van der Waals surface area contributed by atoms with E-state index in [1.807, 2.05) is 0 Å². The van der Waals surface area contributed by atoms with Crippen molar-refractivity contribution in [1.29, 1.82) is 0 Å². The van der Waals surface area contributed by atoms with Crippen LogP contribution in [0.2, 0.25) is 0 Å². The third-order valence-corrected chi connectivity index (χ3v) is 14.1. The summed E-state index contributed by atoms with van der Waals surface area (Å²) in [5.74, 6) is -0.889. The Kier molecular flexibility index (Phi) is 61.8. The molecular weight excluding hydrogens is 949 g/mol. The minimum absolute atomic E-state index is 0.0815. The molecule has 0 N–H and O–H groups in total. The number of carbonyl (C=O) groups excluding carboxylic acids is 3.